The minimum absolute atomic E-state index is 0.177. The standard InChI is InChI=1S/C15H12BrNO4/c16-11-4-2-8-17(15(11)19)13(18)7-6-10-3-1-5-12-14(10)21-9-20-12/h1,3-7H,2,8-9H2/b7-6+. The molecule has 0 atom stereocenters. The number of hydrogen-bond donors (Lipinski definition) is 0. The Bertz CT molecular complexity index is 666. The molecule has 2 aliphatic rings. The molecule has 0 spiro atoms. The summed E-state index contributed by atoms with van der Waals surface area (Å²) in [5.41, 5.74) is 0.748. The van der Waals surface area contributed by atoms with Gasteiger partial charge in [-0.25, -0.2) is 0 Å². The van der Waals surface area contributed by atoms with Gasteiger partial charge in [0, 0.05) is 18.2 Å². The molecule has 3 rings (SSSR count). The number of fused-ring (bicyclic) bond motifs is 1. The van der Waals surface area contributed by atoms with Crippen LogP contribution in [0.15, 0.2) is 34.8 Å². The largest absolute Gasteiger partial charge is 0.454 e. The Labute approximate surface area is 130 Å². The van der Waals surface area contributed by atoms with Crippen molar-refractivity contribution in [2.45, 2.75) is 6.42 Å². The summed E-state index contributed by atoms with van der Waals surface area (Å²) in [5.74, 6) is 0.618. The van der Waals surface area contributed by atoms with Gasteiger partial charge in [-0.2, -0.15) is 0 Å². The number of ether oxygens (including phenoxy) is 2. The molecule has 0 radical (unpaired) electrons. The van der Waals surface area contributed by atoms with E-state index in [4.69, 9.17) is 9.47 Å². The molecule has 0 saturated carbocycles. The third-order valence-corrected chi connectivity index (χ3v) is 3.89. The highest BCUT2D eigenvalue weighted by atomic mass is 79.9. The number of nitrogens with zero attached hydrogens (tertiary/aromatic N) is 1. The van der Waals surface area contributed by atoms with E-state index < -0.39 is 0 Å². The second kappa shape index (κ2) is 5.73. The number of imide groups is 1. The van der Waals surface area contributed by atoms with Crippen LogP contribution < -0.4 is 9.47 Å². The number of carbonyl (C=O) groups is 2. The summed E-state index contributed by atoms with van der Waals surface area (Å²) < 4.78 is 11.1. The van der Waals surface area contributed by atoms with Crippen molar-refractivity contribution in [1.82, 2.24) is 4.90 Å². The minimum atomic E-state index is -0.346. The molecule has 0 unspecified atom stereocenters. The number of amides is 2. The fourth-order valence-electron chi connectivity index (χ4n) is 2.18. The van der Waals surface area contributed by atoms with E-state index in [9.17, 15) is 9.59 Å². The molecule has 1 aromatic rings. The van der Waals surface area contributed by atoms with Crippen LogP contribution in [-0.2, 0) is 9.59 Å². The molecule has 6 heteroatoms. The molecule has 2 heterocycles. The number of benzene rings is 1. The summed E-state index contributed by atoms with van der Waals surface area (Å²) >= 11 is 3.16. The lowest BCUT2D eigenvalue weighted by atomic mass is 10.1. The molecule has 0 aromatic heterocycles. The molecule has 0 bridgehead atoms. The Hall–Kier alpha value is -2.08. The lowest BCUT2D eigenvalue weighted by molar-refractivity contribution is -0.139. The number of para-hydroxylation sites is 1. The van der Waals surface area contributed by atoms with Crippen molar-refractivity contribution in [3.8, 4) is 11.5 Å². The number of rotatable bonds is 2. The maximum atomic E-state index is 12.1. The molecule has 0 saturated heterocycles. The average molecular weight is 350 g/mol. The van der Waals surface area contributed by atoms with E-state index in [2.05, 4.69) is 15.9 Å². The fourth-order valence-corrected chi connectivity index (χ4v) is 2.63. The van der Waals surface area contributed by atoms with Crippen LogP contribution in [0.1, 0.15) is 12.0 Å². The summed E-state index contributed by atoms with van der Waals surface area (Å²) in [6.45, 7) is 0.570. The normalized spacial score (nSPS) is 17.3. The van der Waals surface area contributed by atoms with Crippen molar-refractivity contribution in [1.29, 1.82) is 0 Å². The van der Waals surface area contributed by atoms with Crippen molar-refractivity contribution in [3.05, 3.63) is 40.4 Å². The van der Waals surface area contributed by atoms with Gasteiger partial charge >= 0.3 is 0 Å². The molecule has 0 N–H and O–H groups in total. The molecule has 2 amide bonds. The van der Waals surface area contributed by atoms with Crippen LogP contribution in [0.4, 0.5) is 0 Å². The predicted octanol–water partition coefficient (Wildman–Crippen LogP) is 2.47. The van der Waals surface area contributed by atoms with E-state index >= 15 is 0 Å². The molecule has 108 valence electrons. The van der Waals surface area contributed by atoms with Gasteiger partial charge in [-0.1, -0.05) is 18.2 Å². The third kappa shape index (κ3) is 2.71. The molecule has 21 heavy (non-hydrogen) atoms. The predicted molar refractivity (Wildman–Crippen MR) is 79.9 cm³/mol. The van der Waals surface area contributed by atoms with Gasteiger partial charge in [-0.05, 0) is 34.5 Å². The van der Waals surface area contributed by atoms with Crippen LogP contribution in [0.5, 0.6) is 11.5 Å². The molecule has 1 aromatic carbocycles. The van der Waals surface area contributed by atoms with Crippen LogP contribution in [0.25, 0.3) is 6.08 Å². The maximum absolute atomic E-state index is 12.1. The summed E-state index contributed by atoms with van der Waals surface area (Å²) in [6, 6.07) is 5.45. The molecular formula is C15H12BrNO4. The van der Waals surface area contributed by atoms with Gasteiger partial charge in [0.15, 0.2) is 11.5 Å². The highest BCUT2D eigenvalue weighted by Gasteiger charge is 2.24. The molecular weight excluding hydrogens is 338 g/mol. The maximum Gasteiger partial charge on any atom is 0.267 e. The monoisotopic (exact) mass is 349 g/mol. The minimum Gasteiger partial charge on any atom is -0.454 e. The van der Waals surface area contributed by atoms with Gasteiger partial charge in [0.05, 0.1) is 4.48 Å². The quantitative estimate of drug-likeness (QED) is 0.769. The molecule has 2 aliphatic heterocycles. The molecule has 0 aliphatic carbocycles. The van der Waals surface area contributed by atoms with Gasteiger partial charge in [0.25, 0.3) is 11.8 Å². The van der Waals surface area contributed by atoms with Crippen molar-refractivity contribution in [3.63, 3.8) is 0 Å². The van der Waals surface area contributed by atoms with Crippen LogP contribution in [0, 0.1) is 0 Å². The third-order valence-electron chi connectivity index (χ3n) is 3.22. The van der Waals surface area contributed by atoms with Gasteiger partial charge in [0.2, 0.25) is 6.79 Å². The van der Waals surface area contributed by atoms with Crippen molar-refractivity contribution >= 4 is 33.8 Å². The van der Waals surface area contributed by atoms with Crippen LogP contribution in [0.3, 0.4) is 0 Å². The molecule has 5 nitrogen and oxygen atoms in total. The lowest BCUT2D eigenvalue weighted by Gasteiger charge is -2.21. The van der Waals surface area contributed by atoms with E-state index in [1.165, 1.54) is 11.0 Å². The number of hydrogen-bond acceptors (Lipinski definition) is 4. The Kier molecular flexibility index (Phi) is 3.79. The topological polar surface area (TPSA) is 55.8 Å². The SMILES string of the molecule is O=C(/C=C/c1cccc2c1OCO2)N1CCC=C(Br)C1=O. The zero-order valence-corrected chi connectivity index (χ0v) is 12.6. The first-order chi connectivity index (χ1) is 10.2. The average Bonchev–Trinajstić information content (AvgIpc) is 2.96. The van der Waals surface area contributed by atoms with E-state index in [1.807, 2.05) is 12.1 Å². The zero-order valence-electron chi connectivity index (χ0n) is 11.0. The number of carbonyl (C=O) groups excluding carboxylic acids is 2. The zero-order chi connectivity index (χ0) is 14.8. The Morgan fingerprint density at radius 3 is 3.05 bits per heavy atom. The van der Waals surface area contributed by atoms with Crippen molar-refractivity contribution in [2.75, 3.05) is 13.3 Å². The van der Waals surface area contributed by atoms with E-state index in [1.54, 1.807) is 18.2 Å². The van der Waals surface area contributed by atoms with Crippen LogP contribution in [-0.4, -0.2) is 30.1 Å². The first-order valence-electron chi connectivity index (χ1n) is 6.45. The second-order valence-corrected chi connectivity index (χ2v) is 5.40. The highest BCUT2D eigenvalue weighted by Crippen LogP contribution is 2.35. The van der Waals surface area contributed by atoms with E-state index in [0.717, 1.165) is 5.56 Å². The van der Waals surface area contributed by atoms with Gasteiger partial charge in [0.1, 0.15) is 0 Å². The van der Waals surface area contributed by atoms with Gasteiger partial charge < -0.3 is 9.47 Å². The first kappa shape index (κ1) is 13.9. The first-order valence-corrected chi connectivity index (χ1v) is 7.24. The van der Waals surface area contributed by atoms with Crippen molar-refractivity contribution in [2.24, 2.45) is 0 Å². The van der Waals surface area contributed by atoms with Gasteiger partial charge in [-0.15, -0.1) is 0 Å². The smallest absolute Gasteiger partial charge is 0.267 e. The second-order valence-electron chi connectivity index (χ2n) is 4.55. The van der Waals surface area contributed by atoms with Crippen LogP contribution >= 0.6 is 15.9 Å². The molecule has 0 fully saturated rings. The summed E-state index contributed by atoms with van der Waals surface area (Å²) in [6.07, 6.45) is 5.44. The van der Waals surface area contributed by atoms with E-state index in [-0.39, 0.29) is 18.6 Å². The Morgan fingerprint density at radius 2 is 2.19 bits per heavy atom. The van der Waals surface area contributed by atoms with Crippen molar-refractivity contribution < 1.29 is 19.1 Å². The lowest BCUT2D eigenvalue weighted by Crippen LogP contribution is -2.38. The fraction of sp³-hybridized carbons (Fsp3) is 0.200. The summed E-state index contributed by atoms with van der Waals surface area (Å²) in [7, 11) is 0. The number of halogens is 1. The summed E-state index contributed by atoms with van der Waals surface area (Å²) in [4.78, 5) is 25.2. The van der Waals surface area contributed by atoms with E-state index in [0.29, 0.717) is 28.9 Å². The van der Waals surface area contributed by atoms with Gasteiger partial charge in [-0.3, -0.25) is 14.5 Å². The van der Waals surface area contributed by atoms with Crippen LogP contribution in [0.2, 0.25) is 0 Å². The Balaban J connectivity index is 1.78. The Morgan fingerprint density at radius 1 is 1.33 bits per heavy atom. The summed E-state index contributed by atoms with van der Waals surface area (Å²) in [5, 5.41) is 0. The highest BCUT2D eigenvalue weighted by molar-refractivity contribution is 9.12.